The van der Waals surface area contributed by atoms with E-state index in [1.54, 1.807) is 0 Å². The predicted molar refractivity (Wildman–Crippen MR) is 84.3 cm³/mol. The Bertz CT molecular complexity index is 584. The SMILES string of the molecule is O/N=C/c1ccc(OCc2ccc(Cl)cc2)c(I)c1. The summed E-state index contributed by atoms with van der Waals surface area (Å²) < 4.78 is 6.70. The molecule has 0 aliphatic rings. The van der Waals surface area contributed by atoms with E-state index in [4.69, 9.17) is 21.5 Å². The van der Waals surface area contributed by atoms with Crippen LogP contribution in [0.25, 0.3) is 0 Å². The standard InChI is InChI=1S/C14H11ClINO2/c15-12-4-1-10(2-5-12)9-19-14-6-3-11(8-17-18)7-13(14)16/h1-8,18H,9H2/b17-8+. The first kappa shape index (κ1) is 14.1. The Balaban J connectivity index is 2.05. The van der Waals surface area contributed by atoms with Crippen LogP contribution in [-0.2, 0) is 6.61 Å². The molecular formula is C14H11ClINO2. The van der Waals surface area contributed by atoms with Gasteiger partial charge in [-0.2, -0.15) is 0 Å². The molecule has 0 aliphatic carbocycles. The number of nitrogens with zero attached hydrogens (tertiary/aromatic N) is 1. The van der Waals surface area contributed by atoms with Gasteiger partial charge in [0.1, 0.15) is 12.4 Å². The van der Waals surface area contributed by atoms with Gasteiger partial charge in [0.25, 0.3) is 0 Å². The summed E-state index contributed by atoms with van der Waals surface area (Å²) in [4.78, 5) is 0. The highest BCUT2D eigenvalue weighted by atomic mass is 127. The van der Waals surface area contributed by atoms with Gasteiger partial charge in [-0.05, 0) is 64.0 Å². The highest BCUT2D eigenvalue weighted by Crippen LogP contribution is 2.23. The summed E-state index contributed by atoms with van der Waals surface area (Å²) in [5, 5.41) is 12.2. The lowest BCUT2D eigenvalue weighted by molar-refractivity contribution is 0.304. The van der Waals surface area contributed by atoms with Gasteiger partial charge in [-0.25, -0.2) is 0 Å². The molecule has 0 amide bonds. The van der Waals surface area contributed by atoms with Crippen LogP contribution in [0.15, 0.2) is 47.6 Å². The van der Waals surface area contributed by atoms with Crippen molar-refractivity contribution < 1.29 is 9.94 Å². The zero-order valence-electron chi connectivity index (χ0n) is 9.88. The molecule has 0 heterocycles. The van der Waals surface area contributed by atoms with Crippen molar-refractivity contribution in [3.63, 3.8) is 0 Å². The zero-order valence-corrected chi connectivity index (χ0v) is 12.8. The molecule has 0 aliphatic heterocycles. The molecular weight excluding hydrogens is 377 g/mol. The predicted octanol–water partition coefficient (Wildman–Crippen LogP) is 4.33. The molecule has 3 nitrogen and oxygen atoms in total. The molecule has 0 atom stereocenters. The van der Waals surface area contributed by atoms with E-state index >= 15 is 0 Å². The molecule has 2 rings (SSSR count). The van der Waals surface area contributed by atoms with Gasteiger partial charge >= 0.3 is 0 Å². The van der Waals surface area contributed by atoms with E-state index in [9.17, 15) is 0 Å². The molecule has 2 aromatic carbocycles. The summed E-state index contributed by atoms with van der Waals surface area (Å²) >= 11 is 8.01. The maximum Gasteiger partial charge on any atom is 0.133 e. The van der Waals surface area contributed by atoms with Gasteiger partial charge in [0.15, 0.2) is 0 Å². The van der Waals surface area contributed by atoms with Gasteiger partial charge in [0.05, 0.1) is 9.78 Å². The molecule has 0 fully saturated rings. The third-order valence-corrected chi connectivity index (χ3v) is 3.57. The molecule has 0 aromatic heterocycles. The summed E-state index contributed by atoms with van der Waals surface area (Å²) in [6, 6.07) is 13.1. The summed E-state index contributed by atoms with van der Waals surface area (Å²) in [5.41, 5.74) is 1.88. The monoisotopic (exact) mass is 387 g/mol. The molecule has 1 N–H and O–H groups in total. The smallest absolute Gasteiger partial charge is 0.133 e. The minimum absolute atomic E-state index is 0.487. The third kappa shape index (κ3) is 4.11. The molecule has 0 radical (unpaired) electrons. The van der Waals surface area contributed by atoms with Crippen molar-refractivity contribution in [3.8, 4) is 5.75 Å². The van der Waals surface area contributed by atoms with E-state index in [-0.39, 0.29) is 0 Å². The maximum absolute atomic E-state index is 8.48. The Labute approximate surface area is 130 Å². The number of oxime groups is 1. The van der Waals surface area contributed by atoms with E-state index in [0.29, 0.717) is 11.6 Å². The Kier molecular flexibility index (Phi) is 5.04. The van der Waals surface area contributed by atoms with Gasteiger partial charge in [0.2, 0.25) is 0 Å². The van der Waals surface area contributed by atoms with Gasteiger partial charge in [-0.3, -0.25) is 0 Å². The van der Waals surface area contributed by atoms with E-state index in [1.165, 1.54) is 6.21 Å². The van der Waals surface area contributed by atoms with Gasteiger partial charge in [0, 0.05) is 5.02 Å². The lowest BCUT2D eigenvalue weighted by atomic mass is 10.2. The third-order valence-electron chi connectivity index (χ3n) is 2.47. The lowest BCUT2D eigenvalue weighted by Crippen LogP contribution is -1.97. The van der Waals surface area contributed by atoms with Crippen LogP contribution in [0, 0.1) is 3.57 Å². The minimum Gasteiger partial charge on any atom is -0.488 e. The van der Waals surface area contributed by atoms with Crippen molar-refractivity contribution in [1.82, 2.24) is 0 Å². The first-order chi connectivity index (χ1) is 9.19. The molecule has 0 spiro atoms. The Hall–Kier alpha value is -1.27. The van der Waals surface area contributed by atoms with Crippen molar-refractivity contribution in [3.05, 3.63) is 62.2 Å². The molecule has 0 saturated carbocycles. The number of hydrogen-bond acceptors (Lipinski definition) is 3. The molecule has 0 bridgehead atoms. The second-order valence-electron chi connectivity index (χ2n) is 3.85. The number of rotatable bonds is 4. The largest absolute Gasteiger partial charge is 0.488 e. The average Bonchev–Trinajstić information content (AvgIpc) is 2.40. The van der Waals surface area contributed by atoms with Crippen LogP contribution in [0.4, 0.5) is 0 Å². The highest BCUT2D eigenvalue weighted by Gasteiger charge is 2.02. The zero-order chi connectivity index (χ0) is 13.7. The van der Waals surface area contributed by atoms with Gasteiger partial charge < -0.3 is 9.94 Å². The second-order valence-corrected chi connectivity index (χ2v) is 5.45. The van der Waals surface area contributed by atoms with E-state index in [1.807, 2.05) is 42.5 Å². The molecule has 0 saturated heterocycles. The summed E-state index contributed by atoms with van der Waals surface area (Å²) in [7, 11) is 0. The first-order valence-electron chi connectivity index (χ1n) is 5.53. The fraction of sp³-hybridized carbons (Fsp3) is 0.0714. The van der Waals surface area contributed by atoms with Gasteiger partial charge in [-0.1, -0.05) is 28.9 Å². The maximum atomic E-state index is 8.48. The first-order valence-corrected chi connectivity index (χ1v) is 6.99. The number of halogens is 2. The normalized spacial score (nSPS) is 10.8. The molecule has 2 aromatic rings. The van der Waals surface area contributed by atoms with E-state index in [2.05, 4.69) is 27.7 Å². The number of benzene rings is 2. The van der Waals surface area contributed by atoms with Crippen LogP contribution in [0.5, 0.6) is 5.75 Å². The fourth-order valence-electron chi connectivity index (χ4n) is 1.52. The van der Waals surface area contributed by atoms with Crippen molar-refractivity contribution in [2.24, 2.45) is 5.16 Å². The second kappa shape index (κ2) is 6.77. The Morgan fingerprint density at radius 2 is 1.95 bits per heavy atom. The minimum atomic E-state index is 0.487. The van der Waals surface area contributed by atoms with Crippen molar-refractivity contribution in [2.45, 2.75) is 6.61 Å². The quantitative estimate of drug-likeness (QED) is 0.367. The summed E-state index contributed by atoms with van der Waals surface area (Å²) in [5.74, 6) is 0.797. The highest BCUT2D eigenvalue weighted by molar-refractivity contribution is 14.1. The van der Waals surface area contributed by atoms with Gasteiger partial charge in [-0.15, -0.1) is 0 Å². The average molecular weight is 388 g/mol. The van der Waals surface area contributed by atoms with Crippen molar-refractivity contribution in [1.29, 1.82) is 0 Å². The van der Waals surface area contributed by atoms with Crippen LogP contribution in [-0.4, -0.2) is 11.4 Å². The lowest BCUT2D eigenvalue weighted by Gasteiger charge is -2.09. The van der Waals surface area contributed by atoms with Crippen molar-refractivity contribution >= 4 is 40.4 Å². The molecule has 0 unspecified atom stereocenters. The number of ether oxygens (including phenoxy) is 1. The van der Waals surface area contributed by atoms with Crippen LogP contribution in [0.1, 0.15) is 11.1 Å². The molecule has 19 heavy (non-hydrogen) atoms. The Morgan fingerprint density at radius 1 is 1.21 bits per heavy atom. The number of hydrogen-bond donors (Lipinski definition) is 1. The topological polar surface area (TPSA) is 41.8 Å². The summed E-state index contributed by atoms with van der Waals surface area (Å²) in [6.07, 6.45) is 1.38. The van der Waals surface area contributed by atoms with Crippen LogP contribution in [0.2, 0.25) is 5.02 Å². The molecule has 5 heteroatoms. The van der Waals surface area contributed by atoms with Crippen LogP contribution >= 0.6 is 34.2 Å². The molecule has 98 valence electrons. The van der Waals surface area contributed by atoms with Crippen LogP contribution < -0.4 is 4.74 Å². The van der Waals surface area contributed by atoms with E-state index < -0.39 is 0 Å². The Morgan fingerprint density at radius 3 is 2.58 bits per heavy atom. The summed E-state index contributed by atoms with van der Waals surface area (Å²) in [6.45, 7) is 0.487. The van der Waals surface area contributed by atoms with Crippen LogP contribution in [0.3, 0.4) is 0 Å². The fourth-order valence-corrected chi connectivity index (χ4v) is 2.34. The van der Waals surface area contributed by atoms with E-state index in [0.717, 1.165) is 20.4 Å². The van der Waals surface area contributed by atoms with Crippen molar-refractivity contribution in [2.75, 3.05) is 0 Å².